The lowest BCUT2D eigenvalue weighted by Crippen LogP contribution is -2.35. The highest BCUT2D eigenvalue weighted by Gasteiger charge is 2.23. The molecule has 5 nitrogen and oxygen atoms in total. The van der Waals surface area contributed by atoms with Gasteiger partial charge in [-0.1, -0.05) is 56.3 Å². The Hall–Kier alpha value is -2.82. The van der Waals surface area contributed by atoms with Gasteiger partial charge < -0.3 is 15.2 Å². The molecule has 2 aromatic carbocycles. The van der Waals surface area contributed by atoms with E-state index in [4.69, 9.17) is 9.84 Å². The number of nitrogens with one attached hydrogen (secondary N) is 1. The molecule has 0 bridgehead atoms. The van der Waals surface area contributed by atoms with Gasteiger partial charge in [0.05, 0.1) is 0 Å². The summed E-state index contributed by atoms with van der Waals surface area (Å²) in [6.07, 6.45) is -0.909. The van der Waals surface area contributed by atoms with Crippen molar-refractivity contribution >= 4 is 11.9 Å². The third-order valence-electron chi connectivity index (χ3n) is 3.53. The molecular weight excluding hydrogens is 306 g/mol. The fourth-order valence-corrected chi connectivity index (χ4v) is 2.24. The molecule has 0 heterocycles. The van der Waals surface area contributed by atoms with Crippen LogP contribution in [0.25, 0.3) is 0 Å². The molecule has 0 saturated carbocycles. The van der Waals surface area contributed by atoms with Gasteiger partial charge in [-0.3, -0.25) is 9.59 Å². The van der Waals surface area contributed by atoms with Crippen LogP contribution in [0.1, 0.15) is 37.0 Å². The van der Waals surface area contributed by atoms with E-state index in [9.17, 15) is 9.59 Å². The lowest BCUT2D eigenvalue weighted by Gasteiger charge is -2.19. The topological polar surface area (TPSA) is 75.6 Å². The number of hydrogen-bond donors (Lipinski definition) is 2. The minimum Gasteiger partial charge on any atom is -0.480 e. The average molecular weight is 327 g/mol. The van der Waals surface area contributed by atoms with Crippen molar-refractivity contribution in [1.29, 1.82) is 0 Å². The van der Waals surface area contributed by atoms with Gasteiger partial charge in [-0.25, -0.2) is 0 Å². The Morgan fingerprint density at radius 1 is 1.04 bits per heavy atom. The Bertz CT molecular complexity index is 698. The van der Waals surface area contributed by atoms with Crippen LogP contribution in [0.3, 0.4) is 0 Å². The number of carbonyl (C=O) groups is 2. The zero-order valence-electron chi connectivity index (χ0n) is 13.7. The lowest BCUT2D eigenvalue weighted by molar-refractivity contribution is -0.139. The van der Waals surface area contributed by atoms with E-state index in [1.165, 1.54) is 0 Å². The number of aliphatic carboxylic acids is 1. The standard InChI is InChI=1S/C19H21NO4/c1-13(2)15-9-6-10-16(11-15)24-18(14-7-4-3-5-8-14)19(23)20-12-17(21)22/h3-11,13,18H,12H2,1-2H3,(H,20,23)(H,21,22). The smallest absolute Gasteiger partial charge is 0.322 e. The number of carboxylic acid groups (broad SMARTS) is 1. The van der Waals surface area contributed by atoms with Gasteiger partial charge in [0.25, 0.3) is 5.91 Å². The van der Waals surface area contributed by atoms with Gasteiger partial charge in [0, 0.05) is 5.56 Å². The first-order valence-electron chi connectivity index (χ1n) is 7.78. The number of ether oxygens (including phenoxy) is 1. The Kier molecular flexibility index (Phi) is 5.95. The molecule has 1 unspecified atom stereocenters. The van der Waals surface area contributed by atoms with Crippen LogP contribution >= 0.6 is 0 Å². The van der Waals surface area contributed by atoms with Crippen molar-refractivity contribution in [2.45, 2.75) is 25.9 Å². The zero-order valence-corrected chi connectivity index (χ0v) is 13.7. The highest BCUT2D eigenvalue weighted by atomic mass is 16.5. The molecular formula is C19H21NO4. The summed E-state index contributed by atoms with van der Waals surface area (Å²) in [6.45, 7) is 3.71. The number of hydrogen-bond acceptors (Lipinski definition) is 3. The van der Waals surface area contributed by atoms with Gasteiger partial charge in [0.1, 0.15) is 12.3 Å². The molecule has 0 aromatic heterocycles. The first kappa shape index (κ1) is 17.5. The molecule has 0 fully saturated rings. The minimum atomic E-state index is -1.10. The lowest BCUT2D eigenvalue weighted by atomic mass is 10.0. The third-order valence-corrected chi connectivity index (χ3v) is 3.53. The quantitative estimate of drug-likeness (QED) is 0.819. The summed E-state index contributed by atoms with van der Waals surface area (Å²) in [5, 5.41) is 11.1. The fourth-order valence-electron chi connectivity index (χ4n) is 2.24. The van der Waals surface area contributed by atoms with E-state index in [0.717, 1.165) is 5.56 Å². The molecule has 0 radical (unpaired) electrons. The van der Waals surface area contributed by atoms with Gasteiger partial charge in [-0.15, -0.1) is 0 Å². The molecule has 2 aromatic rings. The average Bonchev–Trinajstić information content (AvgIpc) is 2.58. The first-order chi connectivity index (χ1) is 11.5. The summed E-state index contributed by atoms with van der Waals surface area (Å²) in [5.41, 5.74) is 1.76. The molecule has 0 aliphatic heterocycles. The zero-order chi connectivity index (χ0) is 17.5. The monoisotopic (exact) mass is 327 g/mol. The second-order valence-electron chi connectivity index (χ2n) is 5.75. The van der Waals surface area contributed by atoms with Crippen LogP contribution in [0.2, 0.25) is 0 Å². The van der Waals surface area contributed by atoms with Crippen molar-refractivity contribution in [2.24, 2.45) is 0 Å². The summed E-state index contributed by atoms with van der Waals surface area (Å²) in [4.78, 5) is 23.1. The summed E-state index contributed by atoms with van der Waals surface area (Å²) < 4.78 is 5.88. The number of carbonyl (C=O) groups excluding carboxylic acids is 1. The molecule has 0 aliphatic carbocycles. The van der Waals surface area contributed by atoms with Gasteiger partial charge >= 0.3 is 5.97 Å². The van der Waals surface area contributed by atoms with Crippen LogP contribution in [-0.2, 0) is 9.59 Å². The van der Waals surface area contributed by atoms with Crippen LogP contribution in [-0.4, -0.2) is 23.5 Å². The Morgan fingerprint density at radius 2 is 1.71 bits per heavy atom. The van der Waals surface area contributed by atoms with Crippen molar-refractivity contribution in [1.82, 2.24) is 5.32 Å². The van der Waals surface area contributed by atoms with E-state index in [-0.39, 0.29) is 0 Å². The van der Waals surface area contributed by atoms with Crippen molar-refractivity contribution < 1.29 is 19.4 Å². The predicted molar refractivity (Wildman–Crippen MR) is 91.0 cm³/mol. The highest BCUT2D eigenvalue weighted by molar-refractivity contribution is 5.85. The van der Waals surface area contributed by atoms with Crippen LogP contribution in [0.4, 0.5) is 0 Å². The summed E-state index contributed by atoms with van der Waals surface area (Å²) >= 11 is 0. The maximum atomic E-state index is 12.4. The maximum absolute atomic E-state index is 12.4. The van der Waals surface area contributed by atoms with Crippen molar-refractivity contribution in [3.63, 3.8) is 0 Å². The van der Waals surface area contributed by atoms with Crippen LogP contribution in [0, 0.1) is 0 Å². The summed E-state index contributed by atoms with van der Waals surface area (Å²) in [6, 6.07) is 16.6. The molecule has 2 N–H and O–H groups in total. The minimum absolute atomic E-state index is 0.338. The Balaban J connectivity index is 2.24. The second kappa shape index (κ2) is 8.15. The van der Waals surface area contributed by atoms with E-state index in [0.29, 0.717) is 17.2 Å². The predicted octanol–water partition coefficient (Wildman–Crippen LogP) is 3.13. The van der Waals surface area contributed by atoms with Crippen LogP contribution in [0.5, 0.6) is 5.75 Å². The van der Waals surface area contributed by atoms with Gasteiger partial charge in [-0.2, -0.15) is 0 Å². The van der Waals surface area contributed by atoms with E-state index in [1.54, 1.807) is 30.3 Å². The number of benzene rings is 2. The maximum Gasteiger partial charge on any atom is 0.322 e. The molecule has 1 atom stereocenters. The molecule has 0 spiro atoms. The molecule has 2 rings (SSSR count). The molecule has 24 heavy (non-hydrogen) atoms. The first-order valence-corrected chi connectivity index (χ1v) is 7.78. The molecule has 0 aliphatic rings. The largest absolute Gasteiger partial charge is 0.480 e. The summed E-state index contributed by atoms with van der Waals surface area (Å²) in [7, 11) is 0. The second-order valence-corrected chi connectivity index (χ2v) is 5.75. The molecule has 1 amide bonds. The number of rotatable bonds is 7. The van der Waals surface area contributed by atoms with E-state index >= 15 is 0 Å². The van der Waals surface area contributed by atoms with Gasteiger partial charge in [0.2, 0.25) is 6.10 Å². The van der Waals surface area contributed by atoms with Gasteiger partial charge in [0.15, 0.2) is 0 Å². The fraction of sp³-hybridized carbons (Fsp3) is 0.263. The van der Waals surface area contributed by atoms with Crippen molar-refractivity contribution in [3.05, 3.63) is 65.7 Å². The highest BCUT2D eigenvalue weighted by Crippen LogP contribution is 2.25. The van der Waals surface area contributed by atoms with E-state index in [1.807, 2.05) is 24.3 Å². The van der Waals surface area contributed by atoms with Crippen LogP contribution < -0.4 is 10.1 Å². The Morgan fingerprint density at radius 3 is 2.33 bits per heavy atom. The van der Waals surface area contributed by atoms with Crippen molar-refractivity contribution in [3.8, 4) is 5.75 Å². The van der Waals surface area contributed by atoms with Crippen LogP contribution in [0.15, 0.2) is 54.6 Å². The molecule has 5 heteroatoms. The number of carboxylic acids is 1. The Labute approximate surface area is 141 Å². The van der Waals surface area contributed by atoms with Gasteiger partial charge in [-0.05, 0) is 23.6 Å². The SMILES string of the molecule is CC(C)c1cccc(OC(C(=O)NCC(=O)O)c2ccccc2)c1. The molecule has 126 valence electrons. The third kappa shape index (κ3) is 4.84. The summed E-state index contributed by atoms with van der Waals surface area (Å²) in [5.74, 6) is -0.680. The van der Waals surface area contributed by atoms with Crippen molar-refractivity contribution in [2.75, 3.05) is 6.54 Å². The molecule has 0 saturated heterocycles. The van der Waals surface area contributed by atoms with E-state index < -0.39 is 24.5 Å². The number of amides is 1. The van der Waals surface area contributed by atoms with E-state index in [2.05, 4.69) is 19.2 Å². The normalized spacial score (nSPS) is 11.8.